The number of nitrogens with zero attached hydrogens (tertiary/aromatic N) is 1. The molecule has 1 unspecified atom stereocenters. The third-order valence-electron chi connectivity index (χ3n) is 4.12. The summed E-state index contributed by atoms with van der Waals surface area (Å²) in [4.78, 5) is 25.7. The fourth-order valence-electron chi connectivity index (χ4n) is 2.53. The molecule has 1 heterocycles. The van der Waals surface area contributed by atoms with Crippen LogP contribution in [0.15, 0.2) is 29.6 Å². The average molecular weight is 375 g/mol. The minimum atomic E-state index is -0.551. The van der Waals surface area contributed by atoms with Crippen LogP contribution in [0.3, 0.4) is 0 Å². The first-order valence-electron chi connectivity index (χ1n) is 8.37. The van der Waals surface area contributed by atoms with Gasteiger partial charge in [0.2, 0.25) is 5.91 Å². The molecule has 0 saturated heterocycles. The van der Waals surface area contributed by atoms with Crippen molar-refractivity contribution in [2.75, 3.05) is 25.5 Å². The van der Waals surface area contributed by atoms with Gasteiger partial charge in [-0.25, -0.2) is 0 Å². The van der Waals surface area contributed by atoms with Crippen LogP contribution in [-0.2, 0) is 4.79 Å². The largest absolute Gasteiger partial charge is 0.492 e. The SMILES string of the molecule is Cc1cc(C)cc(OCCN(C)C(C)C(=O)Nc2sccc2C(N)=O)c1. The molecule has 26 heavy (non-hydrogen) atoms. The number of rotatable bonds is 8. The number of aryl methyl sites for hydroxylation is 2. The molecule has 0 aliphatic heterocycles. The van der Waals surface area contributed by atoms with Crippen molar-refractivity contribution in [2.24, 2.45) is 5.73 Å². The molecule has 0 fully saturated rings. The number of benzene rings is 1. The molecule has 6 nitrogen and oxygen atoms in total. The Labute approximate surface area is 157 Å². The number of amides is 2. The van der Waals surface area contributed by atoms with E-state index in [2.05, 4.69) is 11.4 Å². The fourth-order valence-corrected chi connectivity index (χ4v) is 3.33. The Balaban J connectivity index is 1.86. The Morgan fingerprint density at radius 3 is 2.54 bits per heavy atom. The van der Waals surface area contributed by atoms with Gasteiger partial charge in [0.15, 0.2) is 0 Å². The summed E-state index contributed by atoms with van der Waals surface area (Å²) in [5.74, 6) is 0.0888. The van der Waals surface area contributed by atoms with Gasteiger partial charge in [-0.1, -0.05) is 6.07 Å². The summed E-state index contributed by atoms with van der Waals surface area (Å²) in [5.41, 5.74) is 7.94. The summed E-state index contributed by atoms with van der Waals surface area (Å²) >= 11 is 1.28. The van der Waals surface area contributed by atoms with Gasteiger partial charge in [0, 0.05) is 6.54 Å². The number of primary amides is 1. The third kappa shape index (κ3) is 5.31. The molecule has 2 rings (SSSR count). The van der Waals surface area contributed by atoms with Gasteiger partial charge >= 0.3 is 0 Å². The second-order valence-corrected chi connectivity index (χ2v) is 7.26. The summed E-state index contributed by atoms with van der Waals surface area (Å²) in [6.45, 7) is 6.94. The van der Waals surface area contributed by atoms with Gasteiger partial charge in [-0.05, 0) is 62.5 Å². The monoisotopic (exact) mass is 375 g/mol. The molecule has 1 aromatic heterocycles. The second kappa shape index (κ2) is 8.82. The maximum Gasteiger partial charge on any atom is 0.251 e. The minimum Gasteiger partial charge on any atom is -0.492 e. The molecule has 140 valence electrons. The summed E-state index contributed by atoms with van der Waals surface area (Å²) in [5, 5.41) is 4.98. The highest BCUT2D eigenvalue weighted by molar-refractivity contribution is 7.14. The number of nitrogens with two attached hydrogens (primary N) is 1. The van der Waals surface area contributed by atoms with Crippen molar-refractivity contribution in [3.8, 4) is 5.75 Å². The second-order valence-electron chi connectivity index (χ2n) is 6.35. The summed E-state index contributed by atoms with van der Waals surface area (Å²) in [6.07, 6.45) is 0. The van der Waals surface area contributed by atoms with Crippen LogP contribution in [0, 0.1) is 13.8 Å². The lowest BCUT2D eigenvalue weighted by atomic mass is 10.1. The molecule has 0 aliphatic carbocycles. The van der Waals surface area contributed by atoms with Crippen LogP contribution in [0.4, 0.5) is 5.00 Å². The summed E-state index contributed by atoms with van der Waals surface area (Å²) in [7, 11) is 1.86. The van der Waals surface area contributed by atoms with Crippen LogP contribution in [0.5, 0.6) is 5.75 Å². The van der Waals surface area contributed by atoms with Crippen molar-refractivity contribution in [3.63, 3.8) is 0 Å². The zero-order valence-corrected chi connectivity index (χ0v) is 16.4. The van der Waals surface area contributed by atoms with E-state index in [1.807, 2.05) is 44.9 Å². The highest BCUT2D eigenvalue weighted by Crippen LogP contribution is 2.23. The maximum atomic E-state index is 12.4. The number of carbonyl (C=O) groups excluding carboxylic acids is 2. The molecule has 3 N–H and O–H groups in total. The van der Waals surface area contributed by atoms with E-state index < -0.39 is 5.91 Å². The molecule has 0 bridgehead atoms. The first-order chi connectivity index (χ1) is 12.3. The number of ether oxygens (including phenoxy) is 1. The summed E-state index contributed by atoms with van der Waals surface area (Å²) < 4.78 is 5.79. The first kappa shape index (κ1) is 19.9. The number of carbonyl (C=O) groups is 2. The van der Waals surface area contributed by atoms with Gasteiger partial charge in [0.25, 0.3) is 5.91 Å². The molecule has 1 aromatic carbocycles. The van der Waals surface area contributed by atoms with Crippen molar-refractivity contribution in [1.82, 2.24) is 4.90 Å². The molecule has 0 spiro atoms. The highest BCUT2D eigenvalue weighted by Gasteiger charge is 2.20. The van der Waals surface area contributed by atoms with E-state index in [1.165, 1.54) is 11.3 Å². The first-order valence-corrected chi connectivity index (χ1v) is 9.25. The maximum absolute atomic E-state index is 12.4. The topological polar surface area (TPSA) is 84.7 Å². The third-order valence-corrected chi connectivity index (χ3v) is 4.95. The molecule has 0 radical (unpaired) electrons. The lowest BCUT2D eigenvalue weighted by Gasteiger charge is -2.23. The van der Waals surface area contributed by atoms with E-state index in [1.54, 1.807) is 11.4 Å². The van der Waals surface area contributed by atoms with Crippen LogP contribution in [0.25, 0.3) is 0 Å². The zero-order chi connectivity index (χ0) is 19.3. The van der Waals surface area contributed by atoms with E-state index in [0.717, 1.165) is 16.9 Å². The predicted molar refractivity (Wildman–Crippen MR) is 105 cm³/mol. The minimum absolute atomic E-state index is 0.191. The van der Waals surface area contributed by atoms with Gasteiger partial charge in [0.05, 0.1) is 11.6 Å². The van der Waals surface area contributed by atoms with Gasteiger partial charge in [0.1, 0.15) is 17.4 Å². The number of thiophene rings is 1. The zero-order valence-electron chi connectivity index (χ0n) is 15.5. The summed E-state index contributed by atoms with van der Waals surface area (Å²) in [6, 6.07) is 7.31. The molecular formula is C19H25N3O3S. The van der Waals surface area contributed by atoms with E-state index >= 15 is 0 Å². The standard InChI is InChI=1S/C19H25N3O3S/c1-12-9-13(2)11-15(10-12)25-7-6-22(4)14(3)18(24)21-19-16(17(20)23)5-8-26-19/h5,8-11,14H,6-7H2,1-4H3,(H2,20,23)(H,21,24). The van der Waals surface area contributed by atoms with Crippen molar-refractivity contribution < 1.29 is 14.3 Å². The van der Waals surface area contributed by atoms with Crippen molar-refractivity contribution in [2.45, 2.75) is 26.8 Å². The Kier molecular flexibility index (Phi) is 6.76. The van der Waals surface area contributed by atoms with E-state index in [0.29, 0.717) is 23.7 Å². The molecule has 2 amide bonds. The molecule has 0 aliphatic rings. The van der Waals surface area contributed by atoms with Crippen LogP contribution in [0.2, 0.25) is 0 Å². The van der Waals surface area contributed by atoms with Gasteiger partial charge in [-0.15, -0.1) is 11.3 Å². The van der Waals surface area contributed by atoms with Crippen LogP contribution in [-0.4, -0.2) is 43.0 Å². The lowest BCUT2D eigenvalue weighted by molar-refractivity contribution is -0.120. The number of hydrogen-bond acceptors (Lipinski definition) is 5. The highest BCUT2D eigenvalue weighted by atomic mass is 32.1. The molecule has 1 atom stereocenters. The Morgan fingerprint density at radius 2 is 1.92 bits per heavy atom. The fraction of sp³-hybridized carbons (Fsp3) is 0.368. The van der Waals surface area contributed by atoms with Gasteiger partial charge in [-0.2, -0.15) is 0 Å². The normalized spacial score (nSPS) is 12.0. The van der Waals surface area contributed by atoms with E-state index in [4.69, 9.17) is 10.5 Å². The Bertz CT molecular complexity index is 768. The molecule has 2 aromatic rings. The molecule has 0 saturated carbocycles. The number of nitrogens with one attached hydrogen (secondary N) is 1. The van der Waals surface area contributed by atoms with Gasteiger partial charge < -0.3 is 15.8 Å². The number of hydrogen-bond donors (Lipinski definition) is 2. The number of anilines is 1. The number of likely N-dealkylation sites (N-methyl/N-ethyl adjacent to an activating group) is 1. The van der Waals surface area contributed by atoms with Gasteiger partial charge in [-0.3, -0.25) is 14.5 Å². The van der Waals surface area contributed by atoms with Crippen molar-refractivity contribution >= 4 is 28.2 Å². The predicted octanol–water partition coefficient (Wildman–Crippen LogP) is 2.80. The van der Waals surface area contributed by atoms with Crippen LogP contribution >= 0.6 is 11.3 Å². The van der Waals surface area contributed by atoms with Crippen LogP contribution < -0.4 is 15.8 Å². The van der Waals surface area contributed by atoms with Crippen molar-refractivity contribution in [3.05, 3.63) is 46.3 Å². The van der Waals surface area contributed by atoms with E-state index in [9.17, 15) is 9.59 Å². The lowest BCUT2D eigenvalue weighted by Crippen LogP contribution is -2.41. The average Bonchev–Trinajstić information content (AvgIpc) is 3.01. The Morgan fingerprint density at radius 1 is 1.27 bits per heavy atom. The van der Waals surface area contributed by atoms with Crippen molar-refractivity contribution in [1.29, 1.82) is 0 Å². The molecular weight excluding hydrogens is 350 g/mol. The van der Waals surface area contributed by atoms with Crippen LogP contribution in [0.1, 0.15) is 28.4 Å². The Hall–Kier alpha value is -2.38. The molecule has 7 heteroatoms. The van der Waals surface area contributed by atoms with E-state index in [-0.39, 0.29) is 11.9 Å². The quantitative estimate of drug-likeness (QED) is 0.743. The smallest absolute Gasteiger partial charge is 0.251 e.